The van der Waals surface area contributed by atoms with Gasteiger partial charge in [-0.3, -0.25) is 10.1 Å². The number of carbonyl (C=O) groups excluding carboxylic acids is 1. The van der Waals surface area contributed by atoms with Gasteiger partial charge >= 0.3 is 28.1 Å². The van der Waals surface area contributed by atoms with Crippen LogP contribution in [0.4, 0.5) is 10.5 Å². The zero-order valence-corrected chi connectivity index (χ0v) is 16.4. The van der Waals surface area contributed by atoms with Crippen molar-refractivity contribution in [2.75, 3.05) is 13.6 Å². The van der Waals surface area contributed by atoms with Crippen molar-refractivity contribution in [3.05, 3.63) is 34.4 Å². The summed E-state index contributed by atoms with van der Waals surface area (Å²) >= 11 is 0. The summed E-state index contributed by atoms with van der Waals surface area (Å²) in [5.41, 5.74) is -1.47. The fourth-order valence-electron chi connectivity index (χ4n) is 1.84. The van der Waals surface area contributed by atoms with Crippen LogP contribution in [0.3, 0.4) is 0 Å². The molecule has 12 nitrogen and oxygen atoms in total. The van der Waals surface area contributed by atoms with Crippen LogP contribution in [0.25, 0.3) is 0 Å². The molecule has 0 spiro atoms. The number of hydrogen-bond donors (Lipinski definition) is 2. The lowest BCUT2D eigenvalue weighted by Crippen LogP contribution is -2.50. The second-order valence-electron chi connectivity index (χ2n) is 6.58. The number of amides is 1. The number of carboxylic acids is 1. The maximum absolute atomic E-state index is 12.3. The molecule has 0 aliphatic heterocycles. The molecule has 0 aliphatic carbocycles. The first-order valence-corrected chi connectivity index (χ1v) is 9.21. The largest absolute Gasteiger partial charge is 0.480 e. The Kier molecular flexibility index (Phi) is 7.30. The first-order valence-electron chi connectivity index (χ1n) is 7.84. The molecule has 0 bridgehead atoms. The molecule has 13 heteroatoms. The van der Waals surface area contributed by atoms with Crippen molar-refractivity contribution in [1.82, 2.24) is 9.62 Å². The molecular weight excluding hydrogens is 398 g/mol. The van der Waals surface area contributed by atoms with Crippen molar-refractivity contribution >= 4 is 28.1 Å². The molecule has 0 aliphatic rings. The van der Waals surface area contributed by atoms with Crippen molar-refractivity contribution in [2.24, 2.45) is 0 Å². The van der Waals surface area contributed by atoms with Gasteiger partial charge in [-0.1, -0.05) is 12.1 Å². The van der Waals surface area contributed by atoms with E-state index < -0.39 is 56.9 Å². The monoisotopic (exact) mass is 419 g/mol. The Morgan fingerprint density at radius 1 is 1.32 bits per heavy atom. The van der Waals surface area contributed by atoms with E-state index in [1.165, 1.54) is 12.1 Å². The van der Waals surface area contributed by atoms with E-state index in [9.17, 15) is 33.2 Å². The Bertz CT molecular complexity index is 849. The molecule has 1 unspecified atom stereocenters. The van der Waals surface area contributed by atoms with Crippen LogP contribution >= 0.6 is 0 Å². The minimum atomic E-state index is -4.60. The van der Waals surface area contributed by atoms with Gasteiger partial charge in [0.05, 0.1) is 4.92 Å². The van der Waals surface area contributed by atoms with Crippen LogP contribution in [0.2, 0.25) is 0 Å². The van der Waals surface area contributed by atoms with Gasteiger partial charge in [-0.05, 0) is 26.8 Å². The average molecular weight is 419 g/mol. The Balaban J connectivity index is 2.92. The van der Waals surface area contributed by atoms with Crippen LogP contribution in [0.1, 0.15) is 20.8 Å². The van der Waals surface area contributed by atoms with E-state index in [1.807, 2.05) is 5.32 Å². The van der Waals surface area contributed by atoms with Crippen molar-refractivity contribution < 1.29 is 37.0 Å². The number of nitrogens with zero attached hydrogens (tertiary/aromatic N) is 2. The van der Waals surface area contributed by atoms with Crippen LogP contribution in [0.15, 0.2) is 24.3 Å². The number of likely N-dealkylation sites (N-methyl/N-ethyl adjacent to an activating group) is 1. The summed E-state index contributed by atoms with van der Waals surface area (Å²) in [6.45, 7) is 4.00. The van der Waals surface area contributed by atoms with Gasteiger partial charge in [-0.15, -0.1) is 0 Å². The molecule has 156 valence electrons. The fraction of sp³-hybridized carbons (Fsp3) is 0.467. The standard InChI is InChI=1S/C15H21N3O9S/c1-15(2,3)26-14(21)16-10(13(19)20)9-17(4)28(24,25)27-12-8-6-5-7-11(12)18(22)23/h5-8,10H,9H2,1-4H3,(H,16,21)(H,19,20). The van der Waals surface area contributed by atoms with E-state index in [-0.39, 0.29) is 0 Å². The number of nitro groups is 1. The van der Waals surface area contributed by atoms with Gasteiger partial charge in [0.25, 0.3) is 0 Å². The van der Waals surface area contributed by atoms with Gasteiger partial charge in [-0.25, -0.2) is 9.59 Å². The van der Waals surface area contributed by atoms with Crippen LogP contribution in [0, 0.1) is 10.1 Å². The Labute approximate surface area is 161 Å². The second kappa shape index (κ2) is 8.84. The van der Waals surface area contributed by atoms with Crippen molar-refractivity contribution in [1.29, 1.82) is 0 Å². The molecule has 1 amide bonds. The maximum Gasteiger partial charge on any atom is 0.408 e. The summed E-state index contributed by atoms with van der Waals surface area (Å²) in [5.74, 6) is -2.05. The number of benzene rings is 1. The summed E-state index contributed by atoms with van der Waals surface area (Å²) in [5, 5.41) is 22.2. The summed E-state index contributed by atoms with van der Waals surface area (Å²) in [7, 11) is -3.60. The lowest BCUT2D eigenvalue weighted by Gasteiger charge is -2.24. The van der Waals surface area contributed by atoms with Crippen LogP contribution < -0.4 is 9.50 Å². The maximum atomic E-state index is 12.3. The summed E-state index contributed by atoms with van der Waals surface area (Å²) in [6.07, 6.45) is -1.05. The number of carboxylic acid groups (broad SMARTS) is 1. The number of aliphatic carboxylic acids is 1. The third-order valence-corrected chi connectivity index (χ3v) is 4.37. The zero-order valence-electron chi connectivity index (χ0n) is 15.6. The molecule has 1 atom stereocenters. The highest BCUT2D eigenvalue weighted by Crippen LogP contribution is 2.27. The number of nitro benzene ring substituents is 1. The van der Waals surface area contributed by atoms with E-state index in [0.29, 0.717) is 4.31 Å². The highest BCUT2D eigenvalue weighted by Gasteiger charge is 2.31. The van der Waals surface area contributed by atoms with E-state index >= 15 is 0 Å². The van der Waals surface area contributed by atoms with E-state index in [4.69, 9.17) is 8.92 Å². The SMILES string of the molecule is CN(CC(NC(=O)OC(C)(C)C)C(=O)O)S(=O)(=O)Oc1ccccc1[N+](=O)[O-]. The molecule has 0 radical (unpaired) electrons. The van der Waals surface area contributed by atoms with Crippen molar-refractivity contribution in [2.45, 2.75) is 32.4 Å². The number of para-hydroxylation sites is 2. The second-order valence-corrected chi connectivity index (χ2v) is 8.23. The van der Waals surface area contributed by atoms with Crippen LogP contribution in [-0.2, 0) is 19.8 Å². The number of hydrogen-bond acceptors (Lipinski definition) is 8. The lowest BCUT2D eigenvalue weighted by molar-refractivity contribution is -0.385. The highest BCUT2D eigenvalue weighted by atomic mass is 32.2. The molecule has 0 heterocycles. The molecular formula is C15H21N3O9S. The minimum absolute atomic E-state index is 0.500. The fourth-order valence-corrected chi connectivity index (χ4v) is 2.67. The predicted molar refractivity (Wildman–Crippen MR) is 96.1 cm³/mol. The number of alkyl carbamates (subject to hydrolysis) is 1. The Hall–Kier alpha value is -2.93. The first kappa shape index (κ1) is 23.1. The molecule has 28 heavy (non-hydrogen) atoms. The number of carbonyl (C=O) groups is 2. The lowest BCUT2D eigenvalue weighted by atomic mass is 10.2. The molecule has 0 aromatic heterocycles. The average Bonchev–Trinajstić information content (AvgIpc) is 2.52. The van der Waals surface area contributed by atoms with E-state index in [2.05, 4.69) is 0 Å². The van der Waals surface area contributed by atoms with Gasteiger partial charge in [-0.2, -0.15) is 12.7 Å². The van der Waals surface area contributed by atoms with Crippen LogP contribution in [0.5, 0.6) is 5.75 Å². The molecule has 1 rings (SSSR count). The third kappa shape index (κ3) is 7.00. The summed E-state index contributed by atoms with van der Waals surface area (Å²) < 4.78 is 34.8. The van der Waals surface area contributed by atoms with Crippen molar-refractivity contribution in [3.8, 4) is 5.75 Å². The molecule has 1 aromatic carbocycles. The quantitative estimate of drug-likeness (QED) is 0.464. The van der Waals surface area contributed by atoms with Gasteiger partial charge < -0.3 is 19.3 Å². The normalized spacial score (nSPS) is 12.9. The number of rotatable bonds is 8. The molecule has 0 fully saturated rings. The third-order valence-electron chi connectivity index (χ3n) is 3.07. The van der Waals surface area contributed by atoms with Gasteiger partial charge in [0.2, 0.25) is 5.75 Å². The first-order chi connectivity index (χ1) is 12.7. The highest BCUT2D eigenvalue weighted by molar-refractivity contribution is 7.84. The number of ether oxygens (including phenoxy) is 1. The van der Waals surface area contributed by atoms with E-state index in [1.54, 1.807) is 20.8 Å². The topological polar surface area (TPSA) is 165 Å². The predicted octanol–water partition coefficient (Wildman–Crippen LogP) is 1.13. The Morgan fingerprint density at radius 3 is 2.39 bits per heavy atom. The van der Waals surface area contributed by atoms with Crippen molar-refractivity contribution in [3.63, 3.8) is 0 Å². The molecule has 0 saturated heterocycles. The smallest absolute Gasteiger partial charge is 0.408 e. The molecule has 2 N–H and O–H groups in total. The van der Waals surface area contributed by atoms with E-state index in [0.717, 1.165) is 19.2 Å². The number of nitrogens with one attached hydrogen (secondary N) is 1. The zero-order chi connectivity index (χ0) is 21.7. The Morgan fingerprint density at radius 2 is 1.89 bits per heavy atom. The minimum Gasteiger partial charge on any atom is -0.480 e. The van der Waals surface area contributed by atoms with Gasteiger partial charge in [0.15, 0.2) is 0 Å². The summed E-state index contributed by atoms with van der Waals surface area (Å²) in [6, 6.07) is 3.14. The summed E-state index contributed by atoms with van der Waals surface area (Å²) in [4.78, 5) is 33.2. The molecule has 1 aromatic rings. The van der Waals surface area contributed by atoms with Gasteiger partial charge in [0, 0.05) is 19.7 Å². The van der Waals surface area contributed by atoms with Gasteiger partial charge in [0.1, 0.15) is 11.6 Å². The molecule has 0 saturated carbocycles. The van der Waals surface area contributed by atoms with Crippen LogP contribution in [-0.4, -0.2) is 60.1 Å².